The fourth-order valence-corrected chi connectivity index (χ4v) is 14.2. The van der Waals surface area contributed by atoms with Gasteiger partial charge in [-0.05, 0) is 176 Å². The van der Waals surface area contributed by atoms with Crippen LogP contribution < -0.4 is 20.8 Å². The number of carboxylic acid groups (broad SMARTS) is 3. The van der Waals surface area contributed by atoms with E-state index in [9.17, 15) is 78.0 Å². The Labute approximate surface area is 721 Å². The quantitative estimate of drug-likeness (QED) is 0.0177. The summed E-state index contributed by atoms with van der Waals surface area (Å²) in [6.45, 7) is 12.6. The summed E-state index contributed by atoms with van der Waals surface area (Å²) in [5.74, 6) is -5.84. The summed E-state index contributed by atoms with van der Waals surface area (Å²) >= 11 is 0. The monoisotopic (exact) mass is 1610 g/mol. The predicted octanol–water partition coefficient (Wildman–Crippen LogP) is 13.3. The molecule has 24 heteroatoms. The first-order valence-electron chi connectivity index (χ1n) is 37.2. The number of benzene rings is 8. The van der Waals surface area contributed by atoms with E-state index in [0.717, 1.165) is 50.2 Å². The van der Waals surface area contributed by atoms with Crippen molar-refractivity contribution >= 4 is 134 Å². The Morgan fingerprint density at radius 3 is 1.13 bits per heavy atom. The van der Waals surface area contributed by atoms with Gasteiger partial charge in [0.25, 0.3) is 11.8 Å². The van der Waals surface area contributed by atoms with Gasteiger partial charge in [0.15, 0.2) is 0 Å². The van der Waals surface area contributed by atoms with Gasteiger partial charge >= 0.3 is 81.4 Å². The number of nitrogens with one attached hydrogen (secondary N) is 2. The number of aliphatic carboxylic acids is 3. The molecule has 11 rings (SSSR count). The molecule has 0 aliphatic rings. The molecule has 6 atom stereocenters. The van der Waals surface area contributed by atoms with Gasteiger partial charge in [0, 0.05) is 106 Å². The molecule has 3 heterocycles. The Morgan fingerprint density at radius 2 is 0.772 bits per heavy atom. The van der Waals surface area contributed by atoms with Crippen LogP contribution in [0.2, 0.25) is 0 Å². The van der Waals surface area contributed by atoms with E-state index in [1.54, 1.807) is 72.8 Å². The number of aromatic nitrogens is 3. The van der Waals surface area contributed by atoms with Crippen LogP contribution in [0.15, 0.2) is 224 Å². The van der Waals surface area contributed by atoms with E-state index < -0.39 is 85.4 Å². The molecule has 0 aliphatic heterocycles. The van der Waals surface area contributed by atoms with E-state index in [0.29, 0.717) is 56.1 Å². The number of fused-ring (bicyclic) bond motifs is 1. The van der Waals surface area contributed by atoms with Crippen LogP contribution in [-0.4, -0.2) is 191 Å². The van der Waals surface area contributed by atoms with Crippen molar-refractivity contribution in [2.24, 2.45) is 0 Å². The minimum atomic E-state index is -1.39. The number of anilines is 2. The van der Waals surface area contributed by atoms with Gasteiger partial charge in [-0.1, -0.05) is 161 Å². The number of amides is 2. The fraction of sp³-hybridized carbons (Fsp3) is 0.278. The molecule has 0 saturated carbocycles. The Morgan fingerprint density at radius 1 is 0.430 bits per heavy atom. The second-order valence-corrected chi connectivity index (χ2v) is 28.4. The molecule has 19 nitrogen and oxygen atoms in total. The first-order valence-corrected chi connectivity index (χ1v) is 37.2. The Hall–Kier alpha value is -8.98. The summed E-state index contributed by atoms with van der Waals surface area (Å²) in [5.41, 5.74) is 13.1. The molecule has 0 bridgehead atoms. The number of carbonyl (C=O) groups is 5. The molecule has 0 radical (unpaired) electrons. The molecule has 0 spiro atoms. The molecule has 2 amide bonds. The van der Waals surface area contributed by atoms with Gasteiger partial charge in [0.05, 0.1) is 65.6 Å². The van der Waals surface area contributed by atoms with Crippen molar-refractivity contribution < 1.29 is 83.1 Å². The van der Waals surface area contributed by atoms with Gasteiger partial charge < -0.3 is 79.9 Å². The van der Waals surface area contributed by atoms with E-state index in [2.05, 4.69) is 29.0 Å². The van der Waals surface area contributed by atoms with Crippen LogP contribution in [0.5, 0.6) is 0 Å². The maximum absolute atomic E-state index is 14.0. The second kappa shape index (κ2) is 44.2. The van der Waals surface area contributed by atoms with Crippen LogP contribution in [0.25, 0.3) is 72.9 Å². The number of halogens is 3. The number of carboxylic acids is 3. The average molecular weight is 1610 g/mol. The number of para-hydroxylation sites is 3. The van der Waals surface area contributed by atoms with Gasteiger partial charge in [0.1, 0.15) is 17.5 Å². The van der Waals surface area contributed by atoms with Crippen molar-refractivity contribution in [2.45, 2.75) is 160 Å². The SMILES string of the molecule is CC(C)c1c(C(=O)Nc2ccccc2)c(-c2ccccc2)c(-c2ccc(F)cc2)n1CC[C@@H](O)C[C@@H](O)CC(=O)[O-].CC(C)c1c(C(=O)Nc2ccccc2)c(-c2ccccc2)c(-c2ccc(F)cc2)n1CC[C@@H](O)C[C@@H](O)CC(=O)[O-].CC(C)n1c(/C=C/[C@H](O)C[C@H](O)CC(=O)O)c(-c2ccc(F)cc2)c2ccccc21.[Ca+2].[CaH2]. The van der Waals surface area contributed by atoms with Crippen LogP contribution in [0, 0.1) is 17.5 Å². The van der Waals surface area contributed by atoms with E-state index in [1.807, 2.05) is 158 Å². The fourth-order valence-electron chi connectivity index (χ4n) is 14.2. The van der Waals surface area contributed by atoms with Crippen molar-refractivity contribution in [1.82, 2.24) is 13.7 Å². The number of hydrogen-bond acceptors (Lipinski definition) is 13. The molecule has 114 heavy (non-hydrogen) atoms. The third-order valence-electron chi connectivity index (χ3n) is 18.8. The molecule has 590 valence electrons. The van der Waals surface area contributed by atoms with Crippen molar-refractivity contribution in [3.8, 4) is 55.9 Å². The number of hydrogen-bond donors (Lipinski definition) is 9. The number of aliphatic hydroxyl groups excluding tert-OH is 6. The Balaban J connectivity index is 0.000000238. The van der Waals surface area contributed by atoms with Crippen molar-refractivity contribution in [1.29, 1.82) is 0 Å². The molecule has 9 N–H and O–H groups in total. The summed E-state index contributed by atoms with van der Waals surface area (Å²) in [5, 5.41) is 99.1. The zero-order chi connectivity index (χ0) is 80.9. The number of carbonyl (C=O) groups excluding carboxylic acids is 4. The summed E-state index contributed by atoms with van der Waals surface area (Å²) in [7, 11) is 0. The summed E-state index contributed by atoms with van der Waals surface area (Å²) in [6.07, 6.45) is -4.81. The molecule has 0 fully saturated rings. The summed E-state index contributed by atoms with van der Waals surface area (Å²) < 4.78 is 47.6. The molecule has 0 unspecified atom stereocenters. The summed E-state index contributed by atoms with van der Waals surface area (Å²) in [4.78, 5) is 60.5. The average Bonchev–Trinajstić information content (AvgIpc) is 1.60. The van der Waals surface area contributed by atoms with Crippen LogP contribution in [0.3, 0.4) is 0 Å². The van der Waals surface area contributed by atoms with Crippen molar-refractivity contribution in [3.63, 3.8) is 0 Å². The van der Waals surface area contributed by atoms with Gasteiger partial charge in [0.2, 0.25) is 0 Å². The Bertz CT molecular complexity index is 4760. The standard InChI is InChI=1S/2C33H35FN2O5.C24H26FNO4.2Ca.2H/c2*1-21(2)31-30(33(41)35-25-11-7-4-8-12-25)29(22-9-5-3-6-10-22)32(23-13-15-24(34)16-14-23)36(31)18-17-26(37)19-27(38)20-28(39)40;1-15(2)26-21-6-4-3-5-20(21)24(16-7-9-17(25)10-8-16)22(26)12-11-18(27)13-19(28)14-23(29)30;;;;/h2*3-16,21,26-27,37-38H,17-20H2,1-2H3,(H,35,41)(H,39,40);3-12,15,18-19,27-28H,13-14H2,1-2H3,(H,29,30);;;;/q;;;;+2;;/p-2/b;;12-11+;;;;/t2*26-,27-;18-,19-;;;;/m110..../s1. The van der Waals surface area contributed by atoms with Gasteiger partial charge in [-0.25, -0.2) is 13.2 Å². The number of aliphatic hydroxyl groups is 6. The van der Waals surface area contributed by atoms with Gasteiger partial charge in [-0.2, -0.15) is 0 Å². The predicted molar refractivity (Wildman–Crippen MR) is 439 cm³/mol. The second-order valence-electron chi connectivity index (χ2n) is 28.4. The van der Waals surface area contributed by atoms with E-state index in [4.69, 9.17) is 5.11 Å². The van der Waals surface area contributed by atoms with Crippen LogP contribution >= 0.6 is 0 Å². The van der Waals surface area contributed by atoms with Crippen molar-refractivity contribution in [2.75, 3.05) is 10.6 Å². The maximum atomic E-state index is 14.0. The topological polar surface area (TPSA) is 312 Å². The van der Waals surface area contributed by atoms with Gasteiger partial charge in [-0.3, -0.25) is 14.4 Å². The van der Waals surface area contributed by atoms with E-state index >= 15 is 0 Å². The van der Waals surface area contributed by atoms with Crippen LogP contribution in [-0.2, 0) is 27.5 Å². The molecular weight excluding hydrogens is 1510 g/mol. The van der Waals surface area contributed by atoms with Crippen LogP contribution in [0.1, 0.15) is 149 Å². The zero-order valence-corrected chi connectivity index (χ0v) is 66.1. The molecule has 11 aromatic rings. The van der Waals surface area contributed by atoms with Gasteiger partial charge in [-0.15, -0.1) is 0 Å². The van der Waals surface area contributed by atoms with E-state index in [-0.39, 0.29) is 156 Å². The number of rotatable bonds is 32. The number of nitrogens with zero attached hydrogens (tertiary/aromatic N) is 3. The third-order valence-corrected chi connectivity index (χ3v) is 18.8. The Kier molecular flexibility index (Phi) is 35.8. The molecule has 3 aromatic heterocycles. The molecular formula is C90H96Ca2F3N5O14. The van der Waals surface area contributed by atoms with Crippen molar-refractivity contribution in [3.05, 3.63) is 270 Å². The first kappa shape index (κ1) is 92.2. The van der Waals surface area contributed by atoms with E-state index in [1.165, 1.54) is 36.4 Å². The molecule has 0 saturated heterocycles. The minimum absolute atomic E-state index is 0. The molecule has 0 aliphatic carbocycles. The first-order chi connectivity index (χ1) is 53.6. The van der Waals surface area contributed by atoms with Crippen LogP contribution in [0.4, 0.5) is 24.5 Å². The molecule has 8 aromatic carbocycles. The normalized spacial score (nSPS) is 12.8. The zero-order valence-electron chi connectivity index (χ0n) is 63.9. The third kappa shape index (κ3) is 25.0. The summed E-state index contributed by atoms with van der Waals surface area (Å²) in [6, 6.07) is 63.8.